The number of nitrogens with zero attached hydrogens (tertiary/aromatic N) is 3. The van der Waals surface area contributed by atoms with Crippen molar-refractivity contribution in [2.24, 2.45) is 7.05 Å². The highest BCUT2D eigenvalue weighted by molar-refractivity contribution is 7.99. The predicted octanol–water partition coefficient (Wildman–Crippen LogP) is 3.54. The van der Waals surface area contributed by atoms with Gasteiger partial charge in [0.25, 0.3) is 0 Å². The average Bonchev–Trinajstić information content (AvgIpc) is 2.99. The molecular formula is C18H25N3O3S. The van der Waals surface area contributed by atoms with Crippen molar-refractivity contribution >= 4 is 18.0 Å². The fraction of sp³-hybridized carbons (Fsp3) is 0.500. The Labute approximate surface area is 152 Å². The van der Waals surface area contributed by atoms with Crippen LogP contribution < -0.4 is 9.47 Å². The number of thioether (sulfide) groups is 1. The van der Waals surface area contributed by atoms with Crippen molar-refractivity contribution in [2.45, 2.75) is 37.8 Å². The summed E-state index contributed by atoms with van der Waals surface area (Å²) in [6, 6.07) is 5.16. The first-order chi connectivity index (χ1) is 12.2. The SMILES string of the molecule is CCCCc1nnc(SCCCOc2ccc(C=O)cc2OC)n1C. The molecule has 2 rings (SSSR count). The Balaban J connectivity index is 1.77. The number of hydrogen-bond donors (Lipinski definition) is 0. The number of aromatic nitrogens is 3. The number of aryl methyl sites for hydroxylation is 1. The third-order valence-electron chi connectivity index (χ3n) is 3.78. The van der Waals surface area contributed by atoms with E-state index in [1.54, 1.807) is 37.1 Å². The van der Waals surface area contributed by atoms with Gasteiger partial charge in [-0.1, -0.05) is 25.1 Å². The van der Waals surface area contributed by atoms with Gasteiger partial charge in [-0.2, -0.15) is 0 Å². The number of methoxy groups -OCH3 is 1. The Morgan fingerprint density at radius 1 is 1.24 bits per heavy atom. The molecule has 1 aromatic carbocycles. The second-order valence-electron chi connectivity index (χ2n) is 5.64. The van der Waals surface area contributed by atoms with E-state index in [9.17, 15) is 4.79 Å². The molecule has 0 aliphatic carbocycles. The number of aldehydes is 1. The molecule has 1 heterocycles. The maximum Gasteiger partial charge on any atom is 0.190 e. The molecule has 0 N–H and O–H groups in total. The van der Waals surface area contributed by atoms with E-state index in [-0.39, 0.29) is 0 Å². The lowest BCUT2D eigenvalue weighted by Gasteiger charge is -2.10. The molecule has 0 aliphatic heterocycles. The smallest absolute Gasteiger partial charge is 0.190 e. The lowest BCUT2D eigenvalue weighted by Crippen LogP contribution is -2.02. The van der Waals surface area contributed by atoms with Gasteiger partial charge in [-0.25, -0.2) is 0 Å². The molecular weight excluding hydrogens is 338 g/mol. The van der Waals surface area contributed by atoms with Crippen LogP contribution in [0.15, 0.2) is 23.4 Å². The van der Waals surface area contributed by atoms with Crippen LogP contribution in [-0.4, -0.2) is 40.5 Å². The summed E-state index contributed by atoms with van der Waals surface area (Å²) >= 11 is 1.68. The summed E-state index contributed by atoms with van der Waals surface area (Å²) < 4.78 is 13.1. The predicted molar refractivity (Wildman–Crippen MR) is 98.8 cm³/mol. The van der Waals surface area contributed by atoms with Gasteiger partial charge in [0.1, 0.15) is 12.1 Å². The van der Waals surface area contributed by atoms with Crippen molar-refractivity contribution in [1.82, 2.24) is 14.8 Å². The number of carbonyl (C=O) groups is 1. The summed E-state index contributed by atoms with van der Waals surface area (Å²) in [5.41, 5.74) is 0.570. The van der Waals surface area contributed by atoms with Gasteiger partial charge in [0.15, 0.2) is 16.7 Å². The highest BCUT2D eigenvalue weighted by atomic mass is 32.2. The van der Waals surface area contributed by atoms with E-state index in [1.807, 2.05) is 7.05 Å². The highest BCUT2D eigenvalue weighted by Gasteiger charge is 2.09. The van der Waals surface area contributed by atoms with Gasteiger partial charge >= 0.3 is 0 Å². The van der Waals surface area contributed by atoms with Crippen LogP contribution in [0, 0.1) is 0 Å². The number of carbonyl (C=O) groups excluding carboxylic acids is 1. The molecule has 25 heavy (non-hydrogen) atoms. The third kappa shape index (κ3) is 5.49. The van der Waals surface area contributed by atoms with Crippen molar-refractivity contribution in [3.63, 3.8) is 0 Å². The minimum atomic E-state index is 0.570. The van der Waals surface area contributed by atoms with Gasteiger partial charge < -0.3 is 14.0 Å². The Kier molecular flexibility index (Phi) is 7.78. The van der Waals surface area contributed by atoms with Crippen LogP contribution in [0.4, 0.5) is 0 Å². The van der Waals surface area contributed by atoms with E-state index >= 15 is 0 Å². The second-order valence-corrected chi connectivity index (χ2v) is 6.70. The van der Waals surface area contributed by atoms with E-state index < -0.39 is 0 Å². The summed E-state index contributed by atoms with van der Waals surface area (Å²) in [4.78, 5) is 10.8. The largest absolute Gasteiger partial charge is 0.493 e. The summed E-state index contributed by atoms with van der Waals surface area (Å²) in [6.07, 6.45) is 4.93. The second kappa shape index (κ2) is 10.1. The van der Waals surface area contributed by atoms with Crippen molar-refractivity contribution in [3.8, 4) is 11.5 Å². The maximum atomic E-state index is 10.8. The number of benzene rings is 1. The zero-order valence-corrected chi connectivity index (χ0v) is 15.8. The minimum Gasteiger partial charge on any atom is -0.493 e. The monoisotopic (exact) mass is 363 g/mol. The third-order valence-corrected chi connectivity index (χ3v) is 4.89. The average molecular weight is 363 g/mol. The zero-order valence-electron chi connectivity index (χ0n) is 15.0. The summed E-state index contributed by atoms with van der Waals surface area (Å²) in [6.45, 7) is 2.75. The van der Waals surface area contributed by atoms with Crippen LogP contribution in [0.25, 0.3) is 0 Å². The number of ether oxygens (including phenoxy) is 2. The van der Waals surface area contributed by atoms with Gasteiger partial charge in [0.05, 0.1) is 13.7 Å². The molecule has 0 saturated heterocycles. The molecule has 7 heteroatoms. The van der Waals surface area contributed by atoms with Crippen molar-refractivity contribution in [1.29, 1.82) is 0 Å². The van der Waals surface area contributed by atoms with Crippen molar-refractivity contribution in [2.75, 3.05) is 19.5 Å². The molecule has 0 unspecified atom stereocenters. The molecule has 0 radical (unpaired) electrons. The Morgan fingerprint density at radius 2 is 2.08 bits per heavy atom. The van der Waals surface area contributed by atoms with Gasteiger partial charge in [-0.15, -0.1) is 10.2 Å². The summed E-state index contributed by atoms with van der Waals surface area (Å²) in [5, 5.41) is 9.45. The Hall–Kier alpha value is -2.02. The van der Waals surface area contributed by atoms with Crippen LogP contribution >= 0.6 is 11.8 Å². The molecule has 136 valence electrons. The number of unbranched alkanes of at least 4 members (excludes halogenated alkanes) is 1. The van der Waals surface area contributed by atoms with Crippen LogP contribution in [0.5, 0.6) is 11.5 Å². The van der Waals surface area contributed by atoms with Crippen LogP contribution in [0.1, 0.15) is 42.4 Å². The van der Waals surface area contributed by atoms with Crippen LogP contribution in [0.2, 0.25) is 0 Å². The Morgan fingerprint density at radius 3 is 2.80 bits per heavy atom. The normalized spacial score (nSPS) is 10.7. The van der Waals surface area contributed by atoms with Gasteiger partial charge in [0, 0.05) is 24.8 Å². The standard InChI is InChI=1S/C18H25N3O3S/c1-4-5-7-17-19-20-18(21(17)2)25-11-6-10-24-15-9-8-14(13-22)12-16(15)23-3/h8-9,12-13H,4-7,10-11H2,1-3H3. The van der Waals surface area contributed by atoms with E-state index in [0.29, 0.717) is 23.7 Å². The molecule has 2 aromatic rings. The first kappa shape index (κ1) is 19.3. The molecule has 0 saturated carbocycles. The first-order valence-electron chi connectivity index (χ1n) is 8.46. The maximum absolute atomic E-state index is 10.8. The first-order valence-corrected chi connectivity index (χ1v) is 9.45. The molecule has 0 fully saturated rings. The molecule has 0 bridgehead atoms. The summed E-state index contributed by atoms with van der Waals surface area (Å²) in [7, 11) is 3.58. The van der Waals surface area contributed by atoms with Crippen molar-refractivity contribution < 1.29 is 14.3 Å². The van der Waals surface area contributed by atoms with Gasteiger partial charge in [0.2, 0.25) is 0 Å². The van der Waals surface area contributed by atoms with Gasteiger partial charge in [-0.05, 0) is 31.0 Å². The van der Waals surface area contributed by atoms with E-state index in [1.165, 1.54) is 0 Å². The molecule has 0 aliphatic rings. The van der Waals surface area contributed by atoms with E-state index in [4.69, 9.17) is 9.47 Å². The zero-order chi connectivity index (χ0) is 18.1. The van der Waals surface area contributed by atoms with E-state index in [0.717, 1.165) is 48.7 Å². The molecule has 0 atom stereocenters. The minimum absolute atomic E-state index is 0.570. The lowest BCUT2D eigenvalue weighted by atomic mass is 10.2. The topological polar surface area (TPSA) is 66.2 Å². The number of hydrogen-bond acceptors (Lipinski definition) is 6. The van der Waals surface area contributed by atoms with Crippen molar-refractivity contribution in [3.05, 3.63) is 29.6 Å². The lowest BCUT2D eigenvalue weighted by molar-refractivity contribution is 0.112. The van der Waals surface area contributed by atoms with E-state index in [2.05, 4.69) is 21.7 Å². The summed E-state index contributed by atoms with van der Waals surface area (Å²) in [5.74, 6) is 3.17. The fourth-order valence-corrected chi connectivity index (χ4v) is 3.15. The molecule has 1 aromatic heterocycles. The van der Waals surface area contributed by atoms with Crippen LogP contribution in [0.3, 0.4) is 0 Å². The highest BCUT2D eigenvalue weighted by Crippen LogP contribution is 2.28. The van der Waals surface area contributed by atoms with Crippen LogP contribution in [-0.2, 0) is 13.5 Å². The van der Waals surface area contributed by atoms with Gasteiger partial charge in [-0.3, -0.25) is 4.79 Å². The molecule has 0 amide bonds. The fourth-order valence-electron chi connectivity index (χ4n) is 2.30. The molecule has 0 spiro atoms. The Bertz CT molecular complexity index is 688. The molecule has 6 nitrogen and oxygen atoms in total. The number of rotatable bonds is 11. The quantitative estimate of drug-likeness (QED) is 0.346.